The minimum absolute atomic E-state index is 0.178. The molecule has 0 aliphatic rings. The number of halogens is 3. The van der Waals surface area contributed by atoms with Crippen molar-refractivity contribution in [2.24, 2.45) is 5.41 Å². The quantitative estimate of drug-likeness (QED) is 0.388. The Balaban J connectivity index is 2.70. The molecule has 0 spiro atoms. The first-order valence-electron chi connectivity index (χ1n) is 7.37. The van der Waals surface area contributed by atoms with E-state index in [1.165, 1.54) is 0 Å². The van der Waals surface area contributed by atoms with Gasteiger partial charge in [-0.15, -0.1) is 0 Å². The van der Waals surface area contributed by atoms with Gasteiger partial charge in [0.2, 0.25) is 9.70 Å². The summed E-state index contributed by atoms with van der Waals surface area (Å²) in [6, 6.07) is 7.66. The summed E-state index contributed by atoms with van der Waals surface area (Å²) in [7, 11) is 0. The summed E-state index contributed by atoms with van der Waals surface area (Å²) in [5.41, 5.74) is 1.75. The number of benzene rings is 1. The maximum absolute atomic E-state index is 12.1. The van der Waals surface area contributed by atoms with Gasteiger partial charge in [0.25, 0.3) is 0 Å². The third-order valence-corrected chi connectivity index (χ3v) is 3.78. The van der Waals surface area contributed by atoms with E-state index in [0.29, 0.717) is 6.42 Å². The Morgan fingerprint density at radius 3 is 2.12 bits per heavy atom. The highest BCUT2D eigenvalue weighted by Crippen LogP contribution is 2.29. The number of alkyl halides is 3. The molecule has 0 aliphatic heterocycles. The van der Waals surface area contributed by atoms with Crippen molar-refractivity contribution in [3.05, 3.63) is 29.8 Å². The van der Waals surface area contributed by atoms with Crippen LogP contribution in [0.15, 0.2) is 24.3 Å². The average Bonchev–Trinajstić information content (AvgIpc) is 2.37. The molecule has 0 unspecified atom stereocenters. The van der Waals surface area contributed by atoms with Crippen molar-refractivity contribution in [2.75, 3.05) is 5.32 Å². The molecule has 0 heterocycles. The van der Waals surface area contributed by atoms with Gasteiger partial charge in [0.1, 0.15) is 6.17 Å². The number of aryl methyl sites for hydroxylation is 1. The van der Waals surface area contributed by atoms with Crippen LogP contribution in [-0.4, -0.2) is 21.0 Å². The number of carbonyl (C=O) groups is 1. The minimum Gasteiger partial charge on any atom is -0.339 e. The fourth-order valence-electron chi connectivity index (χ4n) is 1.83. The van der Waals surface area contributed by atoms with Gasteiger partial charge < -0.3 is 16.0 Å². The molecule has 0 aromatic heterocycles. The molecule has 1 atom stereocenters. The molecule has 3 N–H and O–H groups in total. The summed E-state index contributed by atoms with van der Waals surface area (Å²) < 4.78 is -1.76. The molecular formula is C16H22Cl3N3OS. The Morgan fingerprint density at radius 1 is 1.12 bits per heavy atom. The molecule has 0 saturated heterocycles. The van der Waals surface area contributed by atoms with Crippen LogP contribution in [0.1, 0.15) is 32.8 Å². The SMILES string of the molecule is Cc1ccc(NC(=S)N[C@@H](NC(=O)CC(C)(C)C)C(Cl)(Cl)Cl)cc1. The number of thiocarbonyl (C=S) groups is 1. The van der Waals surface area contributed by atoms with Crippen molar-refractivity contribution in [1.82, 2.24) is 10.6 Å². The summed E-state index contributed by atoms with van der Waals surface area (Å²) in [6.07, 6.45) is -0.660. The van der Waals surface area contributed by atoms with E-state index in [1.54, 1.807) is 0 Å². The van der Waals surface area contributed by atoms with Gasteiger partial charge in [-0.05, 0) is 36.7 Å². The second kappa shape index (κ2) is 8.56. The van der Waals surface area contributed by atoms with Gasteiger partial charge in [-0.25, -0.2) is 0 Å². The predicted octanol–water partition coefficient (Wildman–Crippen LogP) is 4.53. The molecule has 0 aliphatic carbocycles. The lowest BCUT2D eigenvalue weighted by molar-refractivity contribution is -0.123. The highest BCUT2D eigenvalue weighted by molar-refractivity contribution is 7.80. The lowest BCUT2D eigenvalue weighted by Gasteiger charge is -2.29. The normalized spacial score (nSPS) is 13.1. The zero-order chi connectivity index (χ0) is 18.5. The van der Waals surface area contributed by atoms with Crippen LogP contribution in [0.4, 0.5) is 5.69 Å². The third kappa shape index (κ3) is 8.38. The van der Waals surface area contributed by atoms with Gasteiger partial charge >= 0.3 is 0 Å². The molecule has 24 heavy (non-hydrogen) atoms. The zero-order valence-corrected chi connectivity index (χ0v) is 17.1. The summed E-state index contributed by atoms with van der Waals surface area (Å²) >= 11 is 23.1. The average molecular weight is 411 g/mol. The van der Waals surface area contributed by atoms with Gasteiger partial charge in [0.15, 0.2) is 5.11 Å². The van der Waals surface area contributed by atoms with Crippen molar-refractivity contribution in [1.29, 1.82) is 0 Å². The van der Waals surface area contributed by atoms with E-state index in [9.17, 15) is 4.79 Å². The van der Waals surface area contributed by atoms with Crippen LogP contribution in [0.25, 0.3) is 0 Å². The van der Waals surface area contributed by atoms with E-state index in [0.717, 1.165) is 11.3 Å². The second-order valence-electron chi connectivity index (χ2n) is 6.74. The van der Waals surface area contributed by atoms with Crippen LogP contribution in [0.5, 0.6) is 0 Å². The Labute approximate surface area is 163 Å². The molecule has 1 amide bonds. The molecule has 0 fully saturated rings. The lowest BCUT2D eigenvalue weighted by Crippen LogP contribution is -2.56. The van der Waals surface area contributed by atoms with Gasteiger partial charge in [-0.3, -0.25) is 4.79 Å². The maximum atomic E-state index is 12.1. The largest absolute Gasteiger partial charge is 0.339 e. The molecule has 1 aromatic carbocycles. The van der Waals surface area contributed by atoms with E-state index < -0.39 is 9.96 Å². The van der Waals surface area contributed by atoms with E-state index in [1.807, 2.05) is 52.0 Å². The van der Waals surface area contributed by atoms with E-state index in [4.69, 9.17) is 47.0 Å². The van der Waals surface area contributed by atoms with Gasteiger partial charge in [0, 0.05) is 12.1 Å². The van der Waals surface area contributed by atoms with Crippen LogP contribution in [0.3, 0.4) is 0 Å². The Kier molecular flexibility index (Phi) is 7.60. The highest BCUT2D eigenvalue weighted by atomic mass is 35.6. The number of hydrogen-bond acceptors (Lipinski definition) is 2. The molecule has 0 bridgehead atoms. The van der Waals surface area contributed by atoms with Crippen LogP contribution >= 0.6 is 47.0 Å². The van der Waals surface area contributed by atoms with E-state index in [-0.39, 0.29) is 16.4 Å². The molecule has 8 heteroatoms. The van der Waals surface area contributed by atoms with Crippen molar-refractivity contribution in [3.8, 4) is 0 Å². The van der Waals surface area contributed by atoms with Gasteiger partial charge in [-0.2, -0.15) is 0 Å². The van der Waals surface area contributed by atoms with Crippen molar-refractivity contribution in [2.45, 2.75) is 44.1 Å². The van der Waals surface area contributed by atoms with E-state index >= 15 is 0 Å². The summed E-state index contributed by atoms with van der Waals surface area (Å²) in [5.74, 6) is -0.232. The number of anilines is 1. The fraction of sp³-hybridized carbons (Fsp3) is 0.500. The number of amides is 1. The minimum atomic E-state index is -1.76. The van der Waals surface area contributed by atoms with E-state index in [2.05, 4.69) is 16.0 Å². The first kappa shape index (κ1) is 21.3. The number of hydrogen-bond donors (Lipinski definition) is 3. The van der Waals surface area contributed by atoms with Gasteiger partial charge in [-0.1, -0.05) is 73.3 Å². The van der Waals surface area contributed by atoms with Gasteiger partial charge in [0.05, 0.1) is 0 Å². The van der Waals surface area contributed by atoms with Crippen LogP contribution in [-0.2, 0) is 4.79 Å². The van der Waals surface area contributed by atoms with Crippen molar-refractivity contribution >= 4 is 63.7 Å². The van der Waals surface area contributed by atoms with Crippen LogP contribution in [0.2, 0.25) is 0 Å². The first-order chi connectivity index (χ1) is 10.9. The Morgan fingerprint density at radius 2 is 1.67 bits per heavy atom. The maximum Gasteiger partial charge on any atom is 0.228 e. The topological polar surface area (TPSA) is 53.2 Å². The van der Waals surface area contributed by atoms with Crippen molar-refractivity contribution in [3.63, 3.8) is 0 Å². The Bertz CT molecular complexity index is 580. The highest BCUT2D eigenvalue weighted by Gasteiger charge is 2.35. The monoisotopic (exact) mass is 409 g/mol. The summed E-state index contributed by atoms with van der Waals surface area (Å²) in [6.45, 7) is 7.85. The second-order valence-corrected chi connectivity index (χ2v) is 9.52. The third-order valence-electron chi connectivity index (χ3n) is 2.91. The molecule has 0 radical (unpaired) electrons. The first-order valence-corrected chi connectivity index (χ1v) is 8.91. The molecular weight excluding hydrogens is 389 g/mol. The smallest absolute Gasteiger partial charge is 0.228 e. The molecule has 1 aromatic rings. The number of nitrogens with one attached hydrogen (secondary N) is 3. The number of rotatable bonds is 4. The number of carbonyl (C=O) groups excluding carboxylic acids is 1. The van der Waals surface area contributed by atoms with Crippen LogP contribution in [0, 0.1) is 12.3 Å². The van der Waals surface area contributed by atoms with Crippen molar-refractivity contribution < 1.29 is 4.79 Å². The summed E-state index contributed by atoms with van der Waals surface area (Å²) in [5, 5.41) is 8.72. The lowest BCUT2D eigenvalue weighted by atomic mass is 9.92. The zero-order valence-electron chi connectivity index (χ0n) is 14.0. The summed E-state index contributed by atoms with van der Waals surface area (Å²) in [4.78, 5) is 12.1. The molecule has 1 rings (SSSR count). The molecule has 134 valence electrons. The molecule has 0 saturated carbocycles. The Hall–Kier alpha value is -0.750. The predicted molar refractivity (Wildman–Crippen MR) is 107 cm³/mol. The standard InChI is InChI=1S/C16H22Cl3N3OS/c1-10-5-7-11(8-6-10)20-14(24)22-13(16(17,18)19)21-12(23)9-15(2,3)4/h5-8,13H,9H2,1-4H3,(H,21,23)(H2,20,22,24)/t13-/m1/s1. The van der Waals surface area contributed by atoms with Crippen LogP contribution < -0.4 is 16.0 Å². The fourth-order valence-corrected chi connectivity index (χ4v) is 2.39. The molecule has 4 nitrogen and oxygen atoms in total.